The largest absolute Gasteiger partial charge is 0.481 e. The van der Waals surface area contributed by atoms with Gasteiger partial charge in [0.25, 0.3) is 0 Å². The molecule has 0 saturated carbocycles. The Labute approximate surface area is 106 Å². The summed E-state index contributed by atoms with van der Waals surface area (Å²) in [5.74, 6) is -0.888. The topological polar surface area (TPSA) is 37.3 Å². The molecule has 0 amide bonds. The number of hydrogen-bond acceptors (Lipinski definition) is 1. The third-order valence-electron chi connectivity index (χ3n) is 3.68. The highest BCUT2D eigenvalue weighted by Crippen LogP contribution is 2.39. The summed E-state index contributed by atoms with van der Waals surface area (Å²) in [5, 5.41) is 9.37. The second kappa shape index (κ2) is 7.52. The van der Waals surface area contributed by atoms with Gasteiger partial charge < -0.3 is 5.11 Å². The lowest BCUT2D eigenvalue weighted by Crippen LogP contribution is -2.35. The molecule has 0 aromatic carbocycles. The molecule has 0 radical (unpaired) electrons. The Morgan fingerprint density at radius 2 is 1.94 bits per heavy atom. The first kappa shape index (κ1) is 16.2. The highest BCUT2D eigenvalue weighted by Gasteiger charge is 2.38. The molecule has 0 rings (SSSR count). The second-order valence-electron chi connectivity index (χ2n) is 5.58. The zero-order valence-electron chi connectivity index (χ0n) is 11.8. The van der Waals surface area contributed by atoms with E-state index < -0.39 is 5.97 Å². The third-order valence-corrected chi connectivity index (χ3v) is 3.68. The van der Waals surface area contributed by atoms with Crippen molar-refractivity contribution in [3.8, 4) is 0 Å². The van der Waals surface area contributed by atoms with Crippen LogP contribution >= 0.6 is 0 Å². The number of carboxylic acids is 1. The van der Waals surface area contributed by atoms with Crippen LogP contribution in [0.1, 0.15) is 59.8 Å². The van der Waals surface area contributed by atoms with Gasteiger partial charge in [0.05, 0.1) is 5.92 Å². The lowest BCUT2D eigenvalue weighted by molar-refractivity contribution is -0.147. The number of aliphatic carboxylic acids is 1. The maximum atomic E-state index is 11.4. The monoisotopic (exact) mass is 240 g/mol. The lowest BCUT2D eigenvalue weighted by atomic mass is 9.69. The molecule has 2 heteroatoms. The Hall–Kier alpha value is -0.790. The van der Waals surface area contributed by atoms with Crippen LogP contribution in [0.15, 0.2) is 12.7 Å². The summed E-state index contributed by atoms with van der Waals surface area (Å²) < 4.78 is 0. The number of unbranched alkanes of at least 4 members (excludes halogenated alkanes) is 3. The Balaban J connectivity index is 4.61. The normalized spacial score (nSPS) is 16.5. The van der Waals surface area contributed by atoms with Crippen LogP contribution in [0.2, 0.25) is 0 Å². The fraction of sp³-hybridized carbons (Fsp3) is 0.800. The maximum absolute atomic E-state index is 11.4. The van der Waals surface area contributed by atoms with Crippen LogP contribution in [0.4, 0.5) is 0 Å². The number of allylic oxidation sites excluding steroid dienone is 1. The molecule has 0 aliphatic heterocycles. The zero-order chi connectivity index (χ0) is 13.5. The van der Waals surface area contributed by atoms with Crippen LogP contribution in [-0.4, -0.2) is 11.1 Å². The van der Waals surface area contributed by atoms with Crippen molar-refractivity contribution in [2.24, 2.45) is 17.3 Å². The van der Waals surface area contributed by atoms with Crippen LogP contribution < -0.4 is 0 Å². The van der Waals surface area contributed by atoms with E-state index in [1.165, 1.54) is 19.3 Å². The summed E-state index contributed by atoms with van der Waals surface area (Å²) in [7, 11) is 0. The van der Waals surface area contributed by atoms with Crippen molar-refractivity contribution < 1.29 is 9.90 Å². The first-order chi connectivity index (χ1) is 7.89. The lowest BCUT2D eigenvalue weighted by Gasteiger charge is -2.35. The molecule has 2 atom stereocenters. The molecule has 0 fully saturated rings. The van der Waals surface area contributed by atoms with Gasteiger partial charge in [0, 0.05) is 0 Å². The van der Waals surface area contributed by atoms with E-state index in [1.54, 1.807) is 0 Å². The molecule has 1 N–H and O–H groups in total. The number of carboxylic acid groups (broad SMARTS) is 1. The Bertz CT molecular complexity index is 245. The Morgan fingerprint density at radius 3 is 2.29 bits per heavy atom. The summed E-state index contributed by atoms with van der Waals surface area (Å²) in [5.41, 5.74) is -0.284. The van der Waals surface area contributed by atoms with Crippen LogP contribution in [0, 0.1) is 17.3 Å². The van der Waals surface area contributed by atoms with Gasteiger partial charge in [-0.1, -0.05) is 59.5 Å². The quantitative estimate of drug-likeness (QED) is 0.475. The summed E-state index contributed by atoms with van der Waals surface area (Å²) in [4.78, 5) is 11.4. The summed E-state index contributed by atoms with van der Waals surface area (Å²) in [6.45, 7) is 12.0. The van der Waals surface area contributed by atoms with Crippen molar-refractivity contribution >= 4 is 5.97 Å². The van der Waals surface area contributed by atoms with E-state index >= 15 is 0 Å². The number of hydrogen-bond donors (Lipinski definition) is 1. The van der Waals surface area contributed by atoms with Gasteiger partial charge in [-0.3, -0.25) is 4.79 Å². The van der Waals surface area contributed by atoms with Gasteiger partial charge in [-0.05, 0) is 17.8 Å². The molecule has 0 bridgehead atoms. The van der Waals surface area contributed by atoms with Gasteiger partial charge in [0.1, 0.15) is 0 Å². The zero-order valence-corrected chi connectivity index (χ0v) is 11.8. The SMILES string of the molecule is C=CC(C)(CCCCCC)C(C(=O)O)C(C)C. The molecule has 100 valence electrons. The van der Waals surface area contributed by atoms with E-state index in [4.69, 9.17) is 0 Å². The van der Waals surface area contributed by atoms with E-state index in [1.807, 2.05) is 26.8 Å². The minimum Gasteiger partial charge on any atom is -0.481 e. The predicted molar refractivity (Wildman–Crippen MR) is 73.0 cm³/mol. The van der Waals surface area contributed by atoms with Crippen molar-refractivity contribution in [3.63, 3.8) is 0 Å². The van der Waals surface area contributed by atoms with Crippen molar-refractivity contribution in [1.29, 1.82) is 0 Å². The molecule has 0 aromatic heterocycles. The number of carbonyl (C=O) groups is 1. The van der Waals surface area contributed by atoms with E-state index in [9.17, 15) is 9.90 Å². The van der Waals surface area contributed by atoms with Crippen molar-refractivity contribution in [3.05, 3.63) is 12.7 Å². The van der Waals surface area contributed by atoms with Gasteiger partial charge >= 0.3 is 5.97 Å². The molecule has 0 heterocycles. The standard InChI is InChI=1S/C15H28O2/c1-6-8-9-10-11-15(5,7-2)13(12(3)4)14(16)17/h7,12-13H,2,6,8-11H2,1,3-5H3,(H,16,17). The Kier molecular flexibility index (Phi) is 7.17. The second-order valence-corrected chi connectivity index (χ2v) is 5.58. The van der Waals surface area contributed by atoms with Gasteiger partial charge in [0.2, 0.25) is 0 Å². The average Bonchev–Trinajstić information content (AvgIpc) is 2.23. The minimum atomic E-state index is -0.696. The van der Waals surface area contributed by atoms with Gasteiger partial charge in [-0.25, -0.2) is 0 Å². The fourth-order valence-electron chi connectivity index (χ4n) is 2.65. The van der Waals surface area contributed by atoms with Crippen LogP contribution in [0.3, 0.4) is 0 Å². The molecule has 0 spiro atoms. The summed E-state index contributed by atoms with van der Waals surface area (Å²) >= 11 is 0. The van der Waals surface area contributed by atoms with Crippen LogP contribution in [0.5, 0.6) is 0 Å². The molecule has 2 nitrogen and oxygen atoms in total. The highest BCUT2D eigenvalue weighted by molar-refractivity contribution is 5.71. The van der Waals surface area contributed by atoms with Crippen molar-refractivity contribution in [2.75, 3.05) is 0 Å². The molecule has 0 aliphatic rings. The first-order valence-corrected chi connectivity index (χ1v) is 6.75. The molecular formula is C15H28O2. The summed E-state index contributed by atoms with van der Waals surface area (Å²) in [6.07, 6.45) is 7.48. The van der Waals surface area contributed by atoms with Crippen molar-refractivity contribution in [1.82, 2.24) is 0 Å². The van der Waals surface area contributed by atoms with Gasteiger partial charge in [-0.2, -0.15) is 0 Å². The Morgan fingerprint density at radius 1 is 1.35 bits per heavy atom. The van der Waals surface area contributed by atoms with Crippen LogP contribution in [0.25, 0.3) is 0 Å². The van der Waals surface area contributed by atoms with E-state index in [0.29, 0.717) is 0 Å². The van der Waals surface area contributed by atoms with Gasteiger partial charge in [0.15, 0.2) is 0 Å². The average molecular weight is 240 g/mol. The highest BCUT2D eigenvalue weighted by atomic mass is 16.4. The smallest absolute Gasteiger partial charge is 0.307 e. The third kappa shape index (κ3) is 4.93. The first-order valence-electron chi connectivity index (χ1n) is 6.75. The predicted octanol–water partition coefficient (Wildman–Crippen LogP) is 4.51. The molecule has 2 unspecified atom stereocenters. The molecule has 0 aliphatic carbocycles. The van der Waals surface area contributed by atoms with Crippen LogP contribution in [-0.2, 0) is 4.79 Å². The van der Waals surface area contributed by atoms with E-state index in [2.05, 4.69) is 13.5 Å². The number of rotatable bonds is 9. The fourth-order valence-corrected chi connectivity index (χ4v) is 2.65. The van der Waals surface area contributed by atoms with E-state index in [-0.39, 0.29) is 17.3 Å². The van der Waals surface area contributed by atoms with Gasteiger partial charge in [-0.15, -0.1) is 6.58 Å². The summed E-state index contributed by atoms with van der Waals surface area (Å²) in [6, 6.07) is 0. The van der Waals surface area contributed by atoms with Crippen molar-refractivity contribution in [2.45, 2.75) is 59.8 Å². The molecule has 0 saturated heterocycles. The molecular weight excluding hydrogens is 212 g/mol. The molecule has 0 aromatic rings. The molecule has 17 heavy (non-hydrogen) atoms. The minimum absolute atomic E-state index is 0.140. The van der Waals surface area contributed by atoms with E-state index in [0.717, 1.165) is 12.8 Å². The maximum Gasteiger partial charge on any atom is 0.307 e.